The molecular weight excluding hydrogens is 271 g/mol. The first-order valence-electron chi connectivity index (χ1n) is 5.19. The first kappa shape index (κ1) is 11.6. The van der Waals surface area contributed by atoms with Crippen molar-refractivity contribution in [2.24, 2.45) is 0 Å². The zero-order valence-electron chi connectivity index (χ0n) is 8.93. The fraction of sp³-hybridized carbons (Fsp3) is 0.417. The van der Waals surface area contributed by atoms with Crippen LogP contribution in [0.15, 0.2) is 22.7 Å². The smallest absolute Gasteiger partial charge is 0.132 e. The lowest BCUT2D eigenvalue weighted by molar-refractivity contribution is 0.438. The number of benzene rings is 1. The van der Waals surface area contributed by atoms with Crippen molar-refractivity contribution in [1.29, 1.82) is 5.26 Å². The van der Waals surface area contributed by atoms with Crippen LogP contribution in [0.5, 0.6) is 0 Å². The lowest BCUT2D eigenvalue weighted by atomic mass is 9.93. The van der Waals surface area contributed by atoms with Crippen molar-refractivity contribution in [2.45, 2.75) is 31.3 Å². The zero-order chi connectivity index (χ0) is 11.8. The Balaban J connectivity index is 2.35. The second-order valence-electron chi connectivity index (χ2n) is 4.28. The number of rotatable bonds is 3. The molecule has 2 nitrogen and oxygen atoms in total. The van der Waals surface area contributed by atoms with E-state index in [9.17, 15) is 9.65 Å². The number of hydrogen-bond donors (Lipinski definition) is 1. The highest BCUT2D eigenvalue weighted by atomic mass is 79.9. The van der Waals surface area contributed by atoms with Gasteiger partial charge in [0.25, 0.3) is 0 Å². The number of hydrogen-bond acceptors (Lipinski definition) is 2. The van der Waals surface area contributed by atoms with Gasteiger partial charge in [-0.05, 0) is 31.9 Å². The van der Waals surface area contributed by atoms with Crippen LogP contribution in [-0.2, 0) is 5.54 Å². The highest BCUT2D eigenvalue weighted by Crippen LogP contribution is 2.30. The van der Waals surface area contributed by atoms with E-state index in [1.807, 2.05) is 0 Å². The molecule has 0 aromatic heterocycles. The Morgan fingerprint density at radius 1 is 1.56 bits per heavy atom. The van der Waals surface area contributed by atoms with E-state index in [-0.39, 0.29) is 5.82 Å². The molecule has 1 aliphatic carbocycles. The van der Waals surface area contributed by atoms with E-state index < -0.39 is 5.54 Å². The number of halogens is 2. The normalized spacial score (nSPS) is 18.9. The van der Waals surface area contributed by atoms with Gasteiger partial charge in [-0.1, -0.05) is 22.0 Å². The zero-order valence-corrected chi connectivity index (χ0v) is 10.5. The van der Waals surface area contributed by atoms with Gasteiger partial charge in [-0.15, -0.1) is 0 Å². The van der Waals surface area contributed by atoms with Crippen molar-refractivity contribution in [3.05, 3.63) is 34.1 Å². The van der Waals surface area contributed by atoms with Crippen LogP contribution in [0.25, 0.3) is 0 Å². The van der Waals surface area contributed by atoms with E-state index >= 15 is 0 Å². The Morgan fingerprint density at radius 3 is 2.75 bits per heavy atom. The molecule has 1 fully saturated rings. The van der Waals surface area contributed by atoms with Crippen molar-refractivity contribution in [3.8, 4) is 6.07 Å². The summed E-state index contributed by atoms with van der Waals surface area (Å²) in [5.41, 5.74) is -0.531. The molecule has 0 saturated heterocycles. The Kier molecular flexibility index (Phi) is 3.00. The molecule has 0 radical (unpaired) electrons. The fourth-order valence-corrected chi connectivity index (χ4v) is 2.03. The van der Waals surface area contributed by atoms with Crippen LogP contribution in [-0.4, -0.2) is 6.04 Å². The van der Waals surface area contributed by atoms with E-state index in [0.29, 0.717) is 16.1 Å². The van der Waals surface area contributed by atoms with Crippen LogP contribution in [0.3, 0.4) is 0 Å². The van der Waals surface area contributed by atoms with Crippen molar-refractivity contribution in [3.63, 3.8) is 0 Å². The lowest BCUT2D eigenvalue weighted by Gasteiger charge is -2.24. The van der Waals surface area contributed by atoms with Crippen molar-refractivity contribution in [2.75, 3.05) is 0 Å². The molecule has 1 aromatic carbocycles. The molecule has 2 rings (SSSR count). The van der Waals surface area contributed by atoms with Gasteiger partial charge < -0.3 is 0 Å². The number of nitrogens with zero attached hydrogens (tertiary/aromatic N) is 1. The van der Waals surface area contributed by atoms with Crippen LogP contribution in [0, 0.1) is 17.1 Å². The van der Waals surface area contributed by atoms with E-state index in [4.69, 9.17) is 0 Å². The molecule has 0 amide bonds. The van der Waals surface area contributed by atoms with Gasteiger partial charge in [0.05, 0.1) is 6.07 Å². The third-order valence-electron chi connectivity index (χ3n) is 2.76. The van der Waals surface area contributed by atoms with Crippen molar-refractivity contribution >= 4 is 15.9 Å². The quantitative estimate of drug-likeness (QED) is 0.925. The molecule has 0 bridgehead atoms. The van der Waals surface area contributed by atoms with Gasteiger partial charge in [0.1, 0.15) is 11.4 Å². The van der Waals surface area contributed by atoms with Gasteiger partial charge in [0, 0.05) is 16.1 Å². The SMILES string of the molecule is CC(C#N)(NC1CC1)c1ccc(Br)cc1F. The average Bonchev–Trinajstić information content (AvgIpc) is 3.01. The first-order valence-corrected chi connectivity index (χ1v) is 5.99. The molecule has 84 valence electrons. The maximum absolute atomic E-state index is 13.8. The van der Waals surface area contributed by atoms with Crippen LogP contribution in [0.2, 0.25) is 0 Å². The summed E-state index contributed by atoms with van der Waals surface area (Å²) in [4.78, 5) is 0. The molecule has 4 heteroatoms. The summed E-state index contributed by atoms with van der Waals surface area (Å²) in [6.45, 7) is 1.72. The molecule has 1 unspecified atom stereocenters. The maximum atomic E-state index is 13.8. The monoisotopic (exact) mass is 282 g/mol. The van der Waals surface area contributed by atoms with Crippen LogP contribution < -0.4 is 5.32 Å². The second kappa shape index (κ2) is 4.15. The average molecular weight is 283 g/mol. The number of nitriles is 1. The topological polar surface area (TPSA) is 35.8 Å². The van der Waals surface area contributed by atoms with Gasteiger partial charge in [0.15, 0.2) is 0 Å². The standard InChI is InChI=1S/C12H12BrFN2/c1-12(7-15,16-9-3-4-9)10-5-2-8(13)6-11(10)14/h2,5-6,9,16H,3-4H2,1H3. The predicted molar refractivity (Wildman–Crippen MR) is 63.2 cm³/mol. The highest BCUT2D eigenvalue weighted by molar-refractivity contribution is 9.10. The summed E-state index contributed by atoms with van der Waals surface area (Å²) >= 11 is 3.20. The summed E-state index contributed by atoms with van der Waals surface area (Å²) in [7, 11) is 0. The largest absolute Gasteiger partial charge is 0.293 e. The minimum absolute atomic E-state index is 0.354. The third-order valence-corrected chi connectivity index (χ3v) is 3.26. The Morgan fingerprint density at radius 2 is 2.25 bits per heavy atom. The summed E-state index contributed by atoms with van der Waals surface area (Å²) in [6.07, 6.45) is 2.13. The second-order valence-corrected chi connectivity index (χ2v) is 5.20. The van der Waals surface area contributed by atoms with Crippen molar-refractivity contribution < 1.29 is 4.39 Å². The molecule has 16 heavy (non-hydrogen) atoms. The van der Waals surface area contributed by atoms with Crippen LogP contribution in [0.4, 0.5) is 4.39 Å². The first-order chi connectivity index (χ1) is 7.55. The molecule has 1 aliphatic rings. The Labute approximate surface area is 103 Å². The number of nitrogens with one attached hydrogen (secondary N) is 1. The van der Waals surface area contributed by atoms with Gasteiger partial charge >= 0.3 is 0 Å². The molecule has 1 atom stereocenters. The third kappa shape index (κ3) is 2.26. The maximum Gasteiger partial charge on any atom is 0.132 e. The molecule has 0 heterocycles. The predicted octanol–water partition coefficient (Wildman–Crippen LogP) is 3.08. The fourth-order valence-electron chi connectivity index (χ4n) is 1.70. The van der Waals surface area contributed by atoms with Crippen LogP contribution >= 0.6 is 15.9 Å². The summed E-state index contributed by atoms with van der Waals surface area (Å²) in [6, 6.07) is 7.31. The van der Waals surface area contributed by atoms with E-state index in [0.717, 1.165) is 12.8 Å². The summed E-state index contributed by atoms with van der Waals surface area (Å²) < 4.78 is 14.5. The van der Waals surface area contributed by atoms with Crippen LogP contribution in [0.1, 0.15) is 25.3 Å². The van der Waals surface area contributed by atoms with Crippen molar-refractivity contribution in [1.82, 2.24) is 5.32 Å². The molecule has 0 aliphatic heterocycles. The minimum Gasteiger partial charge on any atom is -0.293 e. The van der Waals surface area contributed by atoms with Gasteiger partial charge in [-0.2, -0.15) is 5.26 Å². The lowest BCUT2D eigenvalue weighted by Crippen LogP contribution is -2.40. The minimum atomic E-state index is -0.939. The van der Waals surface area contributed by atoms with E-state index in [1.165, 1.54) is 6.07 Å². The Bertz CT molecular complexity index is 451. The molecule has 1 N–H and O–H groups in total. The van der Waals surface area contributed by atoms with Gasteiger partial charge in [-0.3, -0.25) is 5.32 Å². The van der Waals surface area contributed by atoms with E-state index in [2.05, 4.69) is 27.3 Å². The molecule has 0 spiro atoms. The summed E-state index contributed by atoms with van der Waals surface area (Å²) in [5, 5.41) is 12.4. The summed E-state index contributed by atoms with van der Waals surface area (Å²) in [5.74, 6) is -0.355. The molecule has 1 saturated carbocycles. The molecule has 1 aromatic rings. The molecular formula is C12H12BrFN2. The van der Waals surface area contributed by atoms with E-state index in [1.54, 1.807) is 19.1 Å². The van der Waals surface area contributed by atoms with Gasteiger partial charge in [-0.25, -0.2) is 4.39 Å². The highest BCUT2D eigenvalue weighted by Gasteiger charge is 2.35. The Hall–Kier alpha value is -0.920. The van der Waals surface area contributed by atoms with Gasteiger partial charge in [0.2, 0.25) is 0 Å².